The van der Waals surface area contributed by atoms with Gasteiger partial charge in [-0.1, -0.05) is 48.0 Å². The minimum Gasteiger partial charge on any atom is -0.436 e. The van der Waals surface area contributed by atoms with Gasteiger partial charge in [0.1, 0.15) is 5.78 Å². The lowest BCUT2D eigenvalue weighted by Gasteiger charge is -2.39. The van der Waals surface area contributed by atoms with E-state index in [-0.39, 0.29) is 29.6 Å². The minimum absolute atomic E-state index is 0.0338. The molecule has 1 rings (SSSR count). The van der Waals surface area contributed by atoms with Gasteiger partial charge in [-0.25, -0.2) is 0 Å². The van der Waals surface area contributed by atoms with Crippen molar-refractivity contribution in [2.75, 3.05) is 0 Å². The van der Waals surface area contributed by atoms with Gasteiger partial charge in [0.15, 0.2) is 12.6 Å². The maximum absolute atomic E-state index is 12.8. The molecule has 0 aliphatic carbocycles. The summed E-state index contributed by atoms with van der Waals surface area (Å²) >= 11 is 0. The average Bonchev–Trinajstić information content (AvgIpc) is 2.74. The fraction of sp³-hybridized carbons (Fsp3) is 0.929. The van der Waals surface area contributed by atoms with Crippen molar-refractivity contribution >= 4 is 11.8 Å². The molecule has 0 aromatic heterocycles. The predicted molar refractivity (Wildman–Crippen MR) is 138 cm³/mol. The molecule has 0 amide bonds. The minimum atomic E-state index is -1.14. The molecule has 1 saturated heterocycles. The Hall–Kier alpha value is -1.02. The topological polar surface area (TPSA) is 108 Å². The molecule has 35 heavy (non-hydrogen) atoms. The summed E-state index contributed by atoms with van der Waals surface area (Å²) in [5.41, 5.74) is 6.12. The van der Waals surface area contributed by atoms with Crippen LogP contribution in [0, 0.1) is 29.6 Å². The monoisotopic (exact) mass is 499 g/mol. The largest absolute Gasteiger partial charge is 0.436 e. The summed E-state index contributed by atoms with van der Waals surface area (Å²) in [7, 11) is 0. The number of rotatable bonds is 15. The SMILES string of the molecule is CCC[C@@H](C)C(=O)[C@H](C)C[C@](C)(N)CC(C)C(O[C@H]1C[C@H](C)CC(C)O1)C(C)C(=O)O[C@@H](O)CC. The number of carbonyl (C=O) groups is 2. The lowest BCUT2D eigenvalue weighted by molar-refractivity contribution is -0.239. The van der Waals surface area contributed by atoms with E-state index in [4.69, 9.17) is 19.9 Å². The van der Waals surface area contributed by atoms with Gasteiger partial charge in [0.2, 0.25) is 0 Å². The maximum atomic E-state index is 12.8. The van der Waals surface area contributed by atoms with Crippen molar-refractivity contribution in [3.05, 3.63) is 0 Å². The average molecular weight is 500 g/mol. The van der Waals surface area contributed by atoms with Gasteiger partial charge in [-0.3, -0.25) is 9.59 Å². The van der Waals surface area contributed by atoms with Crippen LogP contribution in [0.15, 0.2) is 0 Å². The number of aliphatic hydroxyl groups is 1. The molecule has 1 aliphatic rings. The van der Waals surface area contributed by atoms with Crippen LogP contribution in [-0.4, -0.2) is 47.2 Å². The molecule has 0 aromatic carbocycles. The van der Waals surface area contributed by atoms with Crippen LogP contribution in [-0.2, 0) is 23.8 Å². The van der Waals surface area contributed by atoms with Crippen molar-refractivity contribution in [1.82, 2.24) is 0 Å². The summed E-state index contributed by atoms with van der Waals surface area (Å²) in [5, 5.41) is 9.85. The first-order valence-corrected chi connectivity index (χ1v) is 13.7. The van der Waals surface area contributed by atoms with E-state index in [0.29, 0.717) is 25.2 Å². The van der Waals surface area contributed by atoms with Gasteiger partial charge in [-0.2, -0.15) is 0 Å². The van der Waals surface area contributed by atoms with Crippen molar-refractivity contribution in [1.29, 1.82) is 0 Å². The van der Waals surface area contributed by atoms with Gasteiger partial charge >= 0.3 is 5.97 Å². The normalized spacial score (nSPS) is 27.7. The van der Waals surface area contributed by atoms with Crippen LogP contribution in [0.1, 0.15) is 107 Å². The van der Waals surface area contributed by atoms with Gasteiger partial charge < -0.3 is 25.1 Å². The number of ether oxygens (including phenoxy) is 3. The van der Waals surface area contributed by atoms with E-state index < -0.39 is 36.1 Å². The number of aliphatic hydroxyl groups excluding tert-OH is 1. The Bertz CT molecular complexity index is 643. The van der Waals surface area contributed by atoms with Gasteiger partial charge in [-0.15, -0.1) is 0 Å². The molecule has 4 unspecified atom stereocenters. The third-order valence-electron chi connectivity index (χ3n) is 7.30. The third-order valence-corrected chi connectivity index (χ3v) is 7.30. The fourth-order valence-corrected chi connectivity index (χ4v) is 5.62. The molecular formula is C28H53NO6. The van der Waals surface area contributed by atoms with Crippen molar-refractivity contribution in [2.24, 2.45) is 35.3 Å². The molecule has 0 bridgehead atoms. The van der Waals surface area contributed by atoms with E-state index in [1.165, 1.54) is 0 Å². The Balaban J connectivity index is 2.98. The molecule has 7 heteroatoms. The first-order valence-electron chi connectivity index (χ1n) is 13.7. The van der Waals surface area contributed by atoms with E-state index in [2.05, 4.69) is 13.8 Å². The molecule has 3 N–H and O–H groups in total. The van der Waals surface area contributed by atoms with Crippen LogP contribution >= 0.6 is 0 Å². The highest BCUT2D eigenvalue weighted by atomic mass is 16.7. The van der Waals surface area contributed by atoms with Crippen LogP contribution in [0.4, 0.5) is 0 Å². The molecule has 0 radical (unpaired) electrons. The standard InChI is InChI=1S/C28H53NO6/c1-10-12-18(4)25(31)19(5)15-28(9,29)16-20(6)26(22(8)27(32)34-23(30)11-2)35-24-14-17(3)13-21(7)33-24/h17-24,26,30H,10-16,29H2,1-9H3/t17-,18-,19-,20?,21?,22?,23-,24+,26?,28+/m1/s1. The Morgan fingerprint density at radius 1 is 1.09 bits per heavy atom. The zero-order valence-electron chi connectivity index (χ0n) is 23.7. The highest BCUT2D eigenvalue weighted by Gasteiger charge is 2.39. The number of nitrogens with two attached hydrogens (primary N) is 1. The smallest absolute Gasteiger partial charge is 0.313 e. The van der Waals surface area contributed by atoms with E-state index in [9.17, 15) is 14.7 Å². The zero-order chi connectivity index (χ0) is 26.9. The molecule has 0 saturated carbocycles. The predicted octanol–water partition coefficient (Wildman–Crippen LogP) is 5.22. The quantitative estimate of drug-likeness (QED) is 0.235. The molecule has 1 fully saturated rings. The van der Waals surface area contributed by atoms with E-state index in [1.54, 1.807) is 13.8 Å². The summed E-state index contributed by atoms with van der Waals surface area (Å²) < 4.78 is 17.7. The molecule has 206 valence electrons. The summed E-state index contributed by atoms with van der Waals surface area (Å²) in [5.74, 6) is -0.591. The van der Waals surface area contributed by atoms with E-state index in [1.807, 2.05) is 34.6 Å². The Kier molecular flexibility index (Phi) is 13.4. The molecule has 0 aromatic rings. The van der Waals surface area contributed by atoms with Crippen molar-refractivity contribution in [3.63, 3.8) is 0 Å². The highest BCUT2D eigenvalue weighted by molar-refractivity contribution is 5.82. The Labute approximate surface area is 213 Å². The lowest BCUT2D eigenvalue weighted by atomic mass is 9.77. The number of carbonyl (C=O) groups excluding carboxylic acids is 2. The van der Waals surface area contributed by atoms with Crippen molar-refractivity contribution in [3.8, 4) is 0 Å². The second-order valence-corrected chi connectivity index (χ2v) is 11.7. The molecule has 1 aliphatic heterocycles. The summed E-state index contributed by atoms with van der Waals surface area (Å²) in [6, 6.07) is 0. The van der Waals surface area contributed by atoms with Crippen molar-refractivity contribution < 1.29 is 28.9 Å². The number of hydrogen-bond donors (Lipinski definition) is 2. The molecule has 10 atom stereocenters. The van der Waals surface area contributed by atoms with Gasteiger partial charge in [-0.05, 0) is 58.3 Å². The van der Waals surface area contributed by atoms with Crippen LogP contribution in [0.25, 0.3) is 0 Å². The summed E-state index contributed by atoms with van der Waals surface area (Å²) in [6.45, 7) is 17.8. The highest BCUT2D eigenvalue weighted by Crippen LogP contribution is 2.33. The molecule has 0 spiro atoms. The first kappa shape index (κ1) is 32.0. The Morgan fingerprint density at radius 3 is 2.26 bits per heavy atom. The maximum Gasteiger partial charge on any atom is 0.313 e. The second-order valence-electron chi connectivity index (χ2n) is 11.7. The van der Waals surface area contributed by atoms with Crippen LogP contribution in [0.3, 0.4) is 0 Å². The van der Waals surface area contributed by atoms with Crippen molar-refractivity contribution in [2.45, 2.75) is 138 Å². The van der Waals surface area contributed by atoms with Crippen LogP contribution in [0.5, 0.6) is 0 Å². The fourth-order valence-electron chi connectivity index (χ4n) is 5.62. The van der Waals surface area contributed by atoms with Crippen LogP contribution < -0.4 is 5.73 Å². The van der Waals surface area contributed by atoms with Gasteiger partial charge in [0, 0.05) is 30.2 Å². The van der Waals surface area contributed by atoms with Crippen LogP contribution in [0.2, 0.25) is 0 Å². The van der Waals surface area contributed by atoms with Gasteiger partial charge in [0.25, 0.3) is 0 Å². The lowest BCUT2D eigenvalue weighted by Crippen LogP contribution is -2.47. The first-order chi connectivity index (χ1) is 16.2. The number of esters is 1. The Morgan fingerprint density at radius 2 is 1.71 bits per heavy atom. The second kappa shape index (κ2) is 14.7. The van der Waals surface area contributed by atoms with E-state index >= 15 is 0 Å². The summed E-state index contributed by atoms with van der Waals surface area (Å²) in [6.07, 6.45) is 3.11. The summed E-state index contributed by atoms with van der Waals surface area (Å²) in [4.78, 5) is 25.6. The van der Waals surface area contributed by atoms with E-state index in [0.717, 1.165) is 25.7 Å². The molecule has 1 heterocycles. The molecular weight excluding hydrogens is 446 g/mol. The number of ketones is 1. The number of hydrogen-bond acceptors (Lipinski definition) is 7. The zero-order valence-corrected chi connectivity index (χ0v) is 23.7. The third kappa shape index (κ3) is 10.9. The van der Waals surface area contributed by atoms with Gasteiger partial charge in [0.05, 0.1) is 18.1 Å². The molecule has 7 nitrogen and oxygen atoms in total. The number of Topliss-reactive ketones (excluding diaryl/α,β-unsaturated/α-hetero) is 1.